The Morgan fingerprint density at radius 2 is 1.77 bits per heavy atom. The number of pyridine rings is 1. The van der Waals surface area contributed by atoms with E-state index in [1.54, 1.807) is 25.4 Å². The van der Waals surface area contributed by atoms with E-state index in [4.69, 9.17) is 4.74 Å². The molecule has 0 fully saturated rings. The van der Waals surface area contributed by atoms with Crippen molar-refractivity contribution in [3.8, 4) is 11.5 Å². The molecule has 4 aromatic rings. The summed E-state index contributed by atoms with van der Waals surface area (Å²) in [5, 5.41) is 14.1. The Balaban J connectivity index is 1.69. The zero-order valence-electron chi connectivity index (χ0n) is 17.3. The van der Waals surface area contributed by atoms with Gasteiger partial charge in [0.1, 0.15) is 11.5 Å². The third-order valence-electron chi connectivity index (χ3n) is 4.83. The van der Waals surface area contributed by atoms with Gasteiger partial charge in [-0.05, 0) is 49.2 Å². The average Bonchev–Trinajstić information content (AvgIpc) is 2.74. The molecule has 1 unspecified atom stereocenters. The van der Waals surface area contributed by atoms with E-state index in [0.717, 1.165) is 22.2 Å². The van der Waals surface area contributed by atoms with E-state index in [1.807, 2.05) is 55.5 Å². The summed E-state index contributed by atoms with van der Waals surface area (Å²) < 4.78 is 21.5. The number of aryl methyl sites for hydroxylation is 1. The summed E-state index contributed by atoms with van der Waals surface area (Å²) >= 11 is 0. The molecular weight excluding hydrogens is 410 g/mol. The molecule has 0 saturated carbocycles. The number of aromatic nitrogens is 1. The summed E-state index contributed by atoms with van der Waals surface area (Å²) in [6.07, 6.45) is 1.70. The molecule has 0 aliphatic carbocycles. The number of phenols is 1. The molecule has 3 aromatic carbocycles. The van der Waals surface area contributed by atoms with Crippen LogP contribution >= 0.6 is 0 Å². The molecule has 1 atom stereocenters. The Bertz CT molecular complexity index is 1350. The number of hydrogen-bond acceptors (Lipinski definition) is 5. The van der Waals surface area contributed by atoms with Crippen LogP contribution in [0.1, 0.15) is 5.56 Å². The maximum absolute atomic E-state index is 13.2. The summed E-state index contributed by atoms with van der Waals surface area (Å²) in [6, 6.07) is 19.8. The van der Waals surface area contributed by atoms with Crippen LogP contribution in [0.15, 0.2) is 77.8 Å². The predicted molar refractivity (Wildman–Crippen MR) is 128 cm³/mol. The number of benzene rings is 3. The van der Waals surface area contributed by atoms with Gasteiger partial charge < -0.3 is 19.9 Å². The van der Waals surface area contributed by atoms with Gasteiger partial charge in [0.05, 0.1) is 22.3 Å². The summed E-state index contributed by atoms with van der Waals surface area (Å²) in [6.45, 7) is 1.98. The maximum atomic E-state index is 13.2. The third-order valence-corrected chi connectivity index (χ3v) is 6.43. The summed E-state index contributed by atoms with van der Waals surface area (Å²) in [4.78, 5) is 5.05. The topological polar surface area (TPSA) is 83.5 Å². The highest BCUT2D eigenvalue weighted by Gasteiger charge is 2.10. The van der Waals surface area contributed by atoms with Crippen LogP contribution in [0.25, 0.3) is 10.9 Å². The van der Waals surface area contributed by atoms with Crippen molar-refractivity contribution in [2.45, 2.75) is 11.8 Å². The average molecular weight is 434 g/mol. The number of fused-ring (bicyclic) bond motifs is 1. The second-order valence-corrected chi connectivity index (χ2v) is 9.25. The first kappa shape index (κ1) is 20.6. The van der Waals surface area contributed by atoms with Gasteiger partial charge in [0.15, 0.2) is 0 Å². The molecule has 0 aliphatic rings. The maximum Gasteiger partial charge on any atom is 0.124 e. The number of rotatable bonds is 6. The lowest BCUT2D eigenvalue weighted by Gasteiger charge is -2.15. The van der Waals surface area contributed by atoms with Crippen molar-refractivity contribution in [2.75, 3.05) is 17.1 Å². The van der Waals surface area contributed by atoms with Crippen molar-refractivity contribution in [1.29, 1.82) is 0 Å². The number of hydrogen-bond donors (Lipinski definition) is 3. The summed E-state index contributed by atoms with van der Waals surface area (Å²) in [7, 11) is -1.18. The minimum absolute atomic E-state index is 0.0949. The van der Waals surface area contributed by atoms with Gasteiger partial charge in [-0.3, -0.25) is 4.98 Å². The molecule has 1 heterocycles. The quantitative estimate of drug-likeness (QED) is 0.368. The van der Waals surface area contributed by atoms with E-state index >= 15 is 0 Å². The summed E-state index contributed by atoms with van der Waals surface area (Å²) in [5.74, 6) is 4.54. The number of aromatic hydroxyl groups is 1. The molecule has 0 aliphatic heterocycles. The van der Waals surface area contributed by atoms with E-state index in [1.165, 1.54) is 6.07 Å². The Morgan fingerprint density at radius 3 is 2.52 bits per heavy atom. The van der Waals surface area contributed by atoms with Gasteiger partial charge in [-0.1, -0.05) is 17.7 Å². The molecule has 0 amide bonds. The number of anilines is 3. The molecule has 4 rings (SSSR count). The van der Waals surface area contributed by atoms with Gasteiger partial charge in [0, 0.05) is 51.7 Å². The van der Waals surface area contributed by atoms with Gasteiger partial charge in [-0.2, -0.15) is 0 Å². The fourth-order valence-electron chi connectivity index (χ4n) is 3.25. The molecule has 6 nitrogen and oxygen atoms in total. The lowest BCUT2D eigenvalue weighted by Crippen LogP contribution is -2.12. The molecule has 31 heavy (non-hydrogen) atoms. The minimum Gasteiger partial charge on any atom is -0.508 e. The monoisotopic (exact) mass is 433 g/mol. The Morgan fingerprint density at radius 1 is 1.00 bits per heavy atom. The molecule has 0 radical (unpaired) electrons. The molecule has 0 bridgehead atoms. The zero-order valence-corrected chi connectivity index (χ0v) is 18.1. The Kier molecular flexibility index (Phi) is 5.44. The van der Waals surface area contributed by atoms with Crippen molar-refractivity contribution >= 4 is 43.5 Å². The second kappa shape index (κ2) is 8.20. The highest BCUT2D eigenvalue weighted by Crippen LogP contribution is 2.31. The van der Waals surface area contributed by atoms with Gasteiger partial charge in [-0.25, -0.2) is 4.21 Å². The summed E-state index contributed by atoms with van der Waals surface area (Å²) in [5.41, 5.74) is 3.98. The second-order valence-electron chi connectivity index (χ2n) is 7.23. The lowest BCUT2D eigenvalue weighted by atomic mass is 10.1. The number of methoxy groups -OCH3 is 1. The number of nitrogens with zero attached hydrogens (tertiary/aromatic N) is 1. The Hall–Kier alpha value is -3.71. The van der Waals surface area contributed by atoms with E-state index in [2.05, 4.69) is 20.9 Å². The van der Waals surface area contributed by atoms with Crippen molar-refractivity contribution < 1.29 is 14.1 Å². The Labute approximate surface area is 181 Å². The van der Waals surface area contributed by atoms with Crippen LogP contribution in [0, 0.1) is 6.92 Å². The van der Waals surface area contributed by atoms with Crippen LogP contribution < -0.4 is 14.8 Å². The predicted octanol–water partition coefficient (Wildman–Crippen LogP) is 5.10. The first-order valence-corrected chi connectivity index (χ1v) is 11.3. The standard InChI is InChI=1S/C24H23N3O3S/c1-16-4-7-21(8-5-16)31(3,29)27-17-6-9-23-22(14-17)24(10-11-25-23)26-18-12-19(28)15-20(13-18)30-2/h4-15,28H,3H2,1-2H3,(H,25,26)(H,27,29). The number of ether oxygens (including phenoxy) is 1. The van der Waals surface area contributed by atoms with Crippen molar-refractivity contribution in [3.63, 3.8) is 0 Å². The number of nitrogens with one attached hydrogen (secondary N) is 2. The van der Waals surface area contributed by atoms with Crippen LogP contribution in [-0.2, 0) is 9.71 Å². The molecule has 0 spiro atoms. The van der Waals surface area contributed by atoms with Crippen LogP contribution in [0.4, 0.5) is 17.1 Å². The molecule has 3 N–H and O–H groups in total. The highest BCUT2D eigenvalue weighted by atomic mass is 32.2. The fourth-order valence-corrected chi connectivity index (χ4v) is 4.46. The van der Waals surface area contributed by atoms with E-state index in [-0.39, 0.29) is 5.75 Å². The number of phenolic OH excluding ortho intramolecular Hbond substituents is 1. The third kappa shape index (κ3) is 4.57. The van der Waals surface area contributed by atoms with Gasteiger partial charge in [-0.15, -0.1) is 0 Å². The molecule has 1 aromatic heterocycles. The SMILES string of the molecule is C=S(=O)(Nc1ccc2nccc(Nc3cc(O)cc(OC)c3)c2c1)c1ccc(C)cc1. The zero-order chi connectivity index (χ0) is 22.0. The first-order valence-electron chi connectivity index (χ1n) is 9.59. The molecule has 0 saturated heterocycles. The van der Waals surface area contributed by atoms with Crippen molar-refractivity contribution in [2.24, 2.45) is 0 Å². The van der Waals surface area contributed by atoms with E-state index in [9.17, 15) is 9.32 Å². The first-order chi connectivity index (χ1) is 14.8. The van der Waals surface area contributed by atoms with Crippen molar-refractivity contribution in [3.05, 3.63) is 78.5 Å². The lowest BCUT2D eigenvalue weighted by molar-refractivity contribution is 0.408. The highest BCUT2D eigenvalue weighted by molar-refractivity contribution is 8.01. The van der Waals surface area contributed by atoms with Gasteiger partial charge >= 0.3 is 0 Å². The van der Waals surface area contributed by atoms with Crippen LogP contribution in [0.3, 0.4) is 0 Å². The van der Waals surface area contributed by atoms with E-state index in [0.29, 0.717) is 22.0 Å². The fraction of sp³-hybridized carbons (Fsp3) is 0.0833. The molecule has 158 valence electrons. The van der Waals surface area contributed by atoms with Gasteiger partial charge in [0.2, 0.25) is 0 Å². The minimum atomic E-state index is -2.73. The normalized spacial score (nSPS) is 12.8. The van der Waals surface area contributed by atoms with E-state index < -0.39 is 9.71 Å². The van der Waals surface area contributed by atoms with Crippen molar-refractivity contribution in [1.82, 2.24) is 4.98 Å². The van der Waals surface area contributed by atoms with Crippen LogP contribution in [0.5, 0.6) is 11.5 Å². The smallest absolute Gasteiger partial charge is 0.124 e. The largest absolute Gasteiger partial charge is 0.508 e. The van der Waals surface area contributed by atoms with Gasteiger partial charge in [0.25, 0.3) is 0 Å². The molecular formula is C24H23N3O3S. The molecule has 7 heteroatoms. The van der Waals surface area contributed by atoms with Crippen LogP contribution in [0.2, 0.25) is 0 Å². The van der Waals surface area contributed by atoms with Crippen LogP contribution in [-0.4, -0.2) is 27.3 Å².